The maximum Gasteiger partial charge on any atom is 0.416 e. The summed E-state index contributed by atoms with van der Waals surface area (Å²) in [6, 6.07) is 5.73. The fourth-order valence-electron chi connectivity index (χ4n) is 6.43. The molecule has 3 aromatic rings. The smallest absolute Gasteiger partial charge is 0.416 e. The molecule has 3 aliphatic rings. The van der Waals surface area contributed by atoms with E-state index in [2.05, 4.69) is 15.6 Å². The Labute approximate surface area is 280 Å². The molecule has 5 atom stereocenters. The van der Waals surface area contributed by atoms with Crippen LogP contribution in [0.5, 0.6) is 5.19 Å². The maximum atomic E-state index is 14.3. The predicted molar refractivity (Wildman–Crippen MR) is 167 cm³/mol. The molecule has 3 heterocycles. The van der Waals surface area contributed by atoms with Crippen LogP contribution in [0.25, 0.3) is 10.2 Å². The summed E-state index contributed by atoms with van der Waals surface area (Å²) in [5, 5.41) is 15.6. The number of carboxylic acids is 1. The molecule has 262 valence electrons. The minimum absolute atomic E-state index is 0.00519. The number of carbonyl (C=O) groups is 3. The van der Waals surface area contributed by atoms with Crippen molar-refractivity contribution in [2.75, 3.05) is 11.9 Å². The monoisotopic (exact) mass is 710 g/mol. The Morgan fingerprint density at radius 1 is 1.04 bits per heavy atom. The molecule has 2 aliphatic heterocycles. The van der Waals surface area contributed by atoms with Crippen LogP contribution in [0.3, 0.4) is 0 Å². The molecule has 0 radical (unpaired) electrons. The lowest BCUT2D eigenvalue weighted by Gasteiger charge is -2.30. The summed E-state index contributed by atoms with van der Waals surface area (Å²) in [7, 11) is 0. The van der Waals surface area contributed by atoms with E-state index in [0.29, 0.717) is 43.3 Å². The van der Waals surface area contributed by atoms with Crippen molar-refractivity contribution in [2.24, 2.45) is 5.92 Å². The zero-order valence-corrected chi connectivity index (χ0v) is 26.6. The van der Waals surface area contributed by atoms with Crippen LogP contribution in [0.1, 0.15) is 56.1 Å². The van der Waals surface area contributed by atoms with Gasteiger partial charge in [0.05, 0.1) is 27.9 Å². The van der Waals surface area contributed by atoms with Crippen LogP contribution in [0.2, 0.25) is 0 Å². The summed E-state index contributed by atoms with van der Waals surface area (Å²) in [6.45, 7) is -0.162. The van der Waals surface area contributed by atoms with Gasteiger partial charge in [0.2, 0.25) is 11.8 Å². The van der Waals surface area contributed by atoms with Gasteiger partial charge in [-0.05, 0) is 56.0 Å². The number of allylic oxidation sites excluding steroid dienone is 1. The Morgan fingerprint density at radius 3 is 2.43 bits per heavy atom. The predicted octanol–water partition coefficient (Wildman–Crippen LogP) is 6.64. The van der Waals surface area contributed by atoms with Crippen molar-refractivity contribution < 1.29 is 50.6 Å². The van der Waals surface area contributed by atoms with E-state index in [1.807, 2.05) is 18.2 Å². The molecule has 1 saturated carbocycles. The second-order valence-electron chi connectivity index (χ2n) is 12.6. The summed E-state index contributed by atoms with van der Waals surface area (Å²) in [5.41, 5.74) is -4.54. The number of rotatable bonds is 5. The average molecular weight is 711 g/mol. The number of para-hydroxylation sites is 1. The number of halogens is 6. The second kappa shape index (κ2) is 13.2. The van der Waals surface area contributed by atoms with Gasteiger partial charge >= 0.3 is 18.3 Å². The van der Waals surface area contributed by atoms with E-state index in [-0.39, 0.29) is 37.1 Å². The lowest BCUT2D eigenvalue weighted by atomic mass is 10.0. The van der Waals surface area contributed by atoms with E-state index in [4.69, 9.17) is 4.74 Å². The molecule has 0 unspecified atom stereocenters. The van der Waals surface area contributed by atoms with Crippen molar-refractivity contribution in [1.29, 1.82) is 0 Å². The summed E-state index contributed by atoms with van der Waals surface area (Å²) >= 11 is 1.25. The van der Waals surface area contributed by atoms with Crippen LogP contribution in [-0.2, 0) is 26.7 Å². The number of ether oxygens (including phenoxy) is 1. The van der Waals surface area contributed by atoms with Gasteiger partial charge < -0.3 is 25.4 Å². The third kappa shape index (κ3) is 7.48. The SMILES string of the molecule is O=C1N[C@]2(C(=O)O)C[C@H]2/C=C\CCCCC[C@H](Nc2cc(C(F)(F)F)cc(C(F)(F)F)c2)C(=O)N2C[C@H](Oc3nc4ccccc4s3)C[C@@H]12. The van der Waals surface area contributed by atoms with E-state index in [9.17, 15) is 45.8 Å². The van der Waals surface area contributed by atoms with Gasteiger partial charge in [-0.25, -0.2) is 9.78 Å². The number of aliphatic carboxylic acids is 1. The van der Waals surface area contributed by atoms with Gasteiger partial charge in [-0.15, -0.1) is 0 Å². The average Bonchev–Trinajstić information content (AvgIpc) is 3.34. The number of anilines is 1. The highest BCUT2D eigenvalue weighted by Gasteiger charge is 2.61. The van der Waals surface area contributed by atoms with E-state index < -0.39 is 76.6 Å². The first-order chi connectivity index (χ1) is 23.1. The first-order valence-corrected chi connectivity index (χ1v) is 16.6. The number of carbonyl (C=O) groups excluding carboxylic acids is 2. The largest absolute Gasteiger partial charge is 0.479 e. The van der Waals surface area contributed by atoms with Gasteiger partial charge in [-0.1, -0.05) is 48.5 Å². The minimum Gasteiger partial charge on any atom is -0.479 e. The third-order valence-electron chi connectivity index (χ3n) is 9.09. The van der Waals surface area contributed by atoms with Gasteiger partial charge in [0.1, 0.15) is 23.7 Å². The number of thiazole rings is 1. The Balaban J connectivity index is 1.33. The number of fused-ring (bicyclic) bond motifs is 3. The lowest BCUT2D eigenvalue weighted by Crippen LogP contribution is -2.55. The fraction of sp³-hybridized carbons (Fsp3) is 0.455. The number of alkyl halides is 6. The summed E-state index contributed by atoms with van der Waals surface area (Å²) in [4.78, 5) is 46.0. The molecule has 3 N–H and O–H groups in total. The molecule has 1 aromatic heterocycles. The second-order valence-corrected chi connectivity index (χ2v) is 13.6. The normalized spacial score (nSPS) is 27.3. The molecule has 49 heavy (non-hydrogen) atoms. The summed E-state index contributed by atoms with van der Waals surface area (Å²) in [6.07, 6.45) is -5.08. The first kappa shape index (κ1) is 34.5. The van der Waals surface area contributed by atoms with Gasteiger partial charge in [-0.3, -0.25) is 9.59 Å². The standard InChI is InChI=1S/C33H32F6N4O5S/c34-32(35,36)19-12-20(33(37,38)39)14-21(13-19)40-24-10-5-3-1-2-4-8-18-16-31(18,29(46)47)42-27(44)25-15-22(17-43(25)28(24)45)48-30-41-23-9-6-7-11-26(23)49-30/h4,6-9,11-14,18,22,24-25,40H,1-3,5,10,15-17H2,(H,42,44)(H,46,47)/b8-4-/t18-,22-,24+,25+,31-/m1/s1. The van der Waals surface area contributed by atoms with Gasteiger partial charge in [-0.2, -0.15) is 26.3 Å². The Morgan fingerprint density at radius 2 is 1.76 bits per heavy atom. The lowest BCUT2D eigenvalue weighted by molar-refractivity contribution is -0.145. The van der Waals surface area contributed by atoms with E-state index in [1.54, 1.807) is 18.2 Å². The van der Waals surface area contributed by atoms with Crippen molar-refractivity contribution in [3.63, 3.8) is 0 Å². The number of carboxylic acid groups (broad SMARTS) is 1. The highest BCUT2D eigenvalue weighted by atomic mass is 32.1. The fourth-order valence-corrected chi connectivity index (χ4v) is 7.31. The van der Waals surface area contributed by atoms with Crippen LogP contribution in [0, 0.1) is 5.92 Å². The van der Waals surface area contributed by atoms with E-state index in [0.717, 1.165) is 4.70 Å². The minimum atomic E-state index is -5.10. The molecule has 2 aromatic carbocycles. The molecule has 16 heteroatoms. The van der Waals surface area contributed by atoms with Gasteiger partial charge in [0.25, 0.3) is 5.19 Å². The van der Waals surface area contributed by atoms with Crippen LogP contribution in [0.4, 0.5) is 32.0 Å². The first-order valence-electron chi connectivity index (χ1n) is 15.7. The van der Waals surface area contributed by atoms with Crippen LogP contribution in [-0.4, -0.2) is 63.0 Å². The summed E-state index contributed by atoms with van der Waals surface area (Å²) in [5.74, 6) is -3.19. The van der Waals surface area contributed by atoms with Crippen LogP contribution < -0.4 is 15.4 Å². The number of aromatic nitrogens is 1. The molecule has 1 saturated heterocycles. The molecule has 0 bridgehead atoms. The molecule has 9 nitrogen and oxygen atoms in total. The van der Waals surface area contributed by atoms with Crippen LogP contribution >= 0.6 is 11.3 Å². The van der Waals surface area contributed by atoms with Crippen molar-refractivity contribution in [3.05, 3.63) is 65.7 Å². The number of benzene rings is 2. The van der Waals surface area contributed by atoms with Crippen molar-refractivity contribution in [2.45, 2.75) is 81.0 Å². The molecule has 2 fully saturated rings. The van der Waals surface area contributed by atoms with Crippen LogP contribution in [0.15, 0.2) is 54.6 Å². The zero-order valence-electron chi connectivity index (χ0n) is 25.8. The number of hydrogen-bond donors (Lipinski definition) is 3. The zero-order chi connectivity index (χ0) is 35.1. The molecule has 6 rings (SSSR count). The van der Waals surface area contributed by atoms with Crippen molar-refractivity contribution in [3.8, 4) is 5.19 Å². The quantitative estimate of drug-likeness (QED) is 0.201. The number of nitrogens with one attached hydrogen (secondary N) is 2. The molecular formula is C33H32F6N4O5S. The van der Waals surface area contributed by atoms with E-state index >= 15 is 0 Å². The molecule has 1 aliphatic carbocycles. The Kier molecular flexibility index (Phi) is 9.28. The summed E-state index contributed by atoms with van der Waals surface area (Å²) < 4.78 is 88.8. The van der Waals surface area contributed by atoms with Crippen molar-refractivity contribution >= 4 is 45.0 Å². The van der Waals surface area contributed by atoms with Gasteiger partial charge in [0, 0.05) is 18.0 Å². The Hall–Kier alpha value is -4.34. The molecule has 2 amide bonds. The maximum absolute atomic E-state index is 14.3. The highest BCUT2D eigenvalue weighted by Crippen LogP contribution is 2.46. The number of nitrogens with zero attached hydrogens (tertiary/aromatic N) is 2. The van der Waals surface area contributed by atoms with Crippen molar-refractivity contribution in [1.82, 2.24) is 15.2 Å². The van der Waals surface area contributed by atoms with Gasteiger partial charge in [0.15, 0.2) is 0 Å². The topological polar surface area (TPSA) is 121 Å². The Bertz CT molecular complexity index is 1710. The number of hydrogen-bond acceptors (Lipinski definition) is 7. The highest BCUT2D eigenvalue weighted by molar-refractivity contribution is 7.20. The number of amides is 2. The molecule has 0 spiro atoms. The third-order valence-corrected chi connectivity index (χ3v) is 10.0. The van der Waals surface area contributed by atoms with E-state index in [1.165, 1.54) is 16.2 Å². The molecular weight excluding hydrogens is 678 g/mol.